The number of hydrogen-bond donors (Lipinski definition) is 1. The minimum Gasteiger partial charge on any atom is -0.478 e. The topological polar surface area (TPSA) is 68.0 Å². The number of benzene rings is 1. The van der Waals surface area contributed by atoms with Crippen LogP contribution in [-0.2, 0) is 6.54 Å². The van der Waals surface area contributed by atoms with Crippen molar-refractivity contribution < 1.29 is 9.90 Å². The van der Waals surface area contributed by atoms with Gasteiger partial charge in [0.05, 0.1) is 12.1 Å². The molecule has 0 bridgehead atoms. The highest BCUT2D eigenvalue weighted by Crippen LogP contribution is 2.19. The Morgan fingerprint density at radius 3 is 2.67 bits per heavy atom. The molecule has 1 aromatic carbocycles. The first-order chi connectivity index (χ1) is 8.47. The number of hydrogen-bond acceptors (Lipinski definition) is 3. The van der Waals surface area contributed by atoms with Gasteiger partial charge in [-0.15, -0.1) is 0 Å². The predicted octanol–water partition coefficient (Wildman–Crippen LogP) is 2.29. The van der Waals surface area contributed by atoms with Crippen LogP contribution in [0.25, 0.3) is 0 Å². The highest BCUT2D eigenvalue weighted by atomic mass is 35.5. The van der Waals surface area contributed by atoms with Crippen LogP contribution in [0.15, 0.2) is 18.2 Å². The first-order valence-electron chi connectivity index (χ1n) is 5.37. The van der Waals surface area contributed by atoms with Gasteiger partial charge in [-0.1, -0.05) is 17.7 Å². The van der Waals surface area contributed by atoms with Crippen molar-refractivity contribution in [2.45, 2.75) is 20.4 Å². The second kappa shape index (κ2) is 4.78. The number of carbonyl (C=O) groups is 1. The highest BCUT2D eigenvalue weighted by molar-refractivity contribution is 6.31. The van der Waals surface area contributed by atoms with E-state index in [-0.39, 0.29) is 5.56 Å². The molecule has 2 rings (SSSR count). The summed E-state index contributed by atoms with van der Waals surface area (Å²) in [6, 6.07) is 4.67. The standard InChI is InChI=1S/C12H12ClN3O2/c1-7-14-8(2)16(15-7)6-10-4-3-9(12(17)18)5-11(10)13/h3-5H,6H2,1-2H3,(H,17,18). The van der Waals surface area contributed by atoms with E-state index in [4.69, 9.17) is 16.7 Å². The van der Waals surface area contributed by atoms with Crippen LogP contribution in [0.5, 0.6) is 0 Å². The summed E-state index contributed by atoms with van der Waals surface area (Å²) in [5.74, 6) is 0.507. The Balaban J connectivity index is 2.30. The fourth-order valence-electron chi connectivity index (χ4n) is 1.68. The second-order valence-corrected chi connectivity index (χ2v) is 4.38. The van der Waals surface area contributed by atoms with Crippen LogP contribution in [0.1, 0.15) is 27.6 Å². The molecular formula is C12H12ClN3O2. The number of aromatic carboxylic acids is 1. The number of carboxylic acid groups (broad SMARTS) is 1. The minimum atomic E-state index is -0.990. The van der Waals surface area contributed by atoms with Crippen LogP contribution in [-0.4, -0.2) is 25.8 Å². The molecule has 5 nitrogen and oxygen atoms in total. The fourth-order valence-corrected chi connectivity index (χ4v) is 1.92. The van der Waals surface area contributed by atoms with Gasteiger partial charge in [-0.3, -0.25) is 0 Å². The molecule has 0 aliphatic carbocycles. The lowest BCUT2D eigenvalue weighted by Gasteiger charge is -2.06. The number of aromatic nitrogens is 3. The van der Waals surface area contributed by atoms with Crippen molar-refractivity contribution in [3.8, 4) is 0 Å². The zero-order chi connectivity index (χ0) is 13.3. The van der Waals surface area contributed by atoms with Gasteiger partial charge >= 0.3 is 5.97 Å². The van der Waals surface area contributed by atoms with E-state index in [1.807, 2.05) is 13.8 Å². The molecule has 0 fully saturated rings. The number of halogens is 1. The Bertz CT molecular complexity index is 607. The van der Waals surface area contributed by atoms with Gasteiger partial charge < -0.3 is 5.11 Å². The maximum atomic E-state index is 10.8. The summed E-state index contributed by atoms with van der Waals surface area (Å²) in [6.07, 6.45) is 0. The van der Waals surface area contributed by atoms with E-state index in [2.05, 4.69) is 10.1 Å². The van der Waals surface area contributed by atoms with Crippen molar-refractivity contribution in [1.82, 2.24) is 14.8 Å². The van der Waals surface area contributed by atoms with Crippen LogP contribution in [0.3, 0.4) is 0 Å². The minimum absolute atomic E-state index is 0.176. The molecule has 0 unspecified atom stereocenters. The Hall–Kier alpha value is -1.88. The third-order valence-corrected chi connectivity index (χ3v) is 2.93. The number of aryl methyl sites for hydroxylation is 2. The van der Waals surface area contributed by atoms with Gasteiger partial charge in [-0.2, -0.15) is 5.10 Å². The van der Waals surface area contributed by atoms with Gasteiger partial charge in [0.1, 0.15) is 11.6 Å². The summed E-state index contributed by atoms with van der Waals surface area (Å²) >= 11 is 6.06. The van der Waals surface area contributed by atoms with Crippen LogP contribution in [0.4, 0.5) is 0 Å². The molecule has 94 valence electrons. The third-order valence-electron chi connectivity index (χ3n) is 2.58. The molecule has 0 spiro atoms. The SMILES string of the molecule is Cc1nc(C)n(Cc2ccc(C(=O)O)cc2Cl)n1. The number of nitrogens with zero attached hydrogens (tertiary/aromatic N) is 3. The largest absolute Gasteiger partial charge is 0.478 e. The van der Waals surface area contributed by atoms with E-state index >= 15 is 0 Å². The molecule has 0 saturated heterocycles. The van der Waals surface area contributed by atoms with E-state index in [1.54, 1.807) is 10.7 Å². The molecule has 1 N–H and O–H groups in total. The fraction of sp³-hybridized carbons (Fsp3) is 0.250. The first-order valence-corrected chi connectivity index (χ1v) is 5.75. The molecule has 0 atom stereocenters. The summed E-state index contributed by atoms with van der Waals surface area (Å²) in [5.41, 5.74) is 0.991. The normalized spacial score (nSPS) is 10.6. The molecule has 6 heteroatoms. The van der Waals surface area contributed by atoms with Crippen molar-refractivity contribution in [3.05, 3.63) is 46.0 Å². The van der Waals surface area contributed by atoms with Gasteiger partial charge in [0.25, 0.3) is 0 Å². The van der Waals surface area contributed by atoms with Crippen LogP contribution >= 0.6 is 11.6 Å². The summed E-state index contributed by atoms with van der Waals surface area (Å²) < 4.78 is 1.73. The molecule has 1 aromatic heterocycles. The predicted molar refractivity (Wildman–Crippen MR) is 67.0 cm³/mol. The third kappa shape index (κ3) is 2.51. The van der Waals surface area contributed by atoms with E-state index in [0.29, 0.717) is 17.4 Å². The summed E-state index contributed by atoms with van der Waals surface area (Å²) in [6.45, 7) is 4.16. The molecule has 0 saturated carbocycles. The van der Waals surface area contributed by atoms with Gasteiger partial charge in [-0.05, 0) is 31.5 Å². The average Bonchev–Trinajstić information content (AvgIpc) is 2.60. The van der Waals surface area contributed by atoms with E-state index < -0.39 is 5.97 Å². The van der Waals surface area contributed by atoms with Gasteiger partial charge in [0, 0.05) is 5.02 Å². The molecule has 0 amide bonds. The summed E-state index contributed by atoms with van der Waals surface area (Å²) in [7, 11) is 0. The zero-order valence-electron chi connectivity index (χ0n) is 10.0. The van der Waals surface area contributed by atoms with Gasteiger partial charge in [0.15, 0.2) is 0 Å². The lowest BCUT2D eigenvalue weighted by Crippen LogP contribution is -2.05. The van der Waals surface area contributed by atoms with Crippen LogP contribution in [0, 0.1) is 13.8 Å². The second-order valence-electron chi connectivity index (χ2n) is 3.98. The zero-order valence-corrected chi connectivity index (χ0v) is 10.8. The van der Waals surface area contributed by atoms with Crippen molar-refractivity contribution in [2.24, 2.45) is 0 Å². The van der Waals surface area contributed by atoms with E-state index in [9.17, 15) is 4.79 Å². The maximum Gasteiger partial charge on any atom is 0.335 e. The summed E-state index contributed by atoms with van der Waals surface area (Å²) in [5, 5.41) is 13.5. The van der Waals surface area contributed by atoms with E-state index in [1.165, 1.54) is 12.1 Å². The number of rotatable bonds is 3. The van der Waals surface area contributed by atoms with Crippen molar-refractivity contribution >= 4 is 17.6 Å². The van der Waals surface area contributed by atoms with Crippen LogP contribution < -0.4 is 0 Å². The first kappa shape index (κ1) is 12.6. The van der Waals surface area contributed by atoms with Crippen molar-refractivity contribution in [3.63, 3.8) is 0 Å². The number of carboxylic acids is 1. The highest BCUT2D eigenvalue weighted by Gasteiger charge is 2.09. The molecule has 0 aliphatic heterocycles. The molecule has 0 aliphatic rings. The van der Waals surface area contributed by atoms with Crippen LogP contribution in [0.2, 0.25) is 5.02 Å². The Morgan fingerprint density at radius 1 is 1.44 bits per heavy atom. The molecule has 18 heavy (non-hydrogen) atoms. The smallest absolute Gasteiger partial charge is 0.335 e. The quantitative estimate of drug-likeness (QED) is 0.925. The van der Waals surface area contributed by atoms with Crippen molar-refractivity contribution in [2.75, 3.05) is 0 Å². The lowest BCUT2D eigenvalue weighted by atomic mass is 10.1. The molecule has 1 heterocycles. The maximum absolute atomic E-state index is 10.8. The van der Waals surface area contributed by atoms with Gasteiger partial charge in [-0.25, -0.2) is 14.5 Å². The lowest BCUT2D eigenvalue weighted by molar-refractivity contribution is 0.0697. The van der Waals surface area contributed by atoms with Crippen molar-refractivity contribution in [1.29, 1.82) is 0 Å². The Labute approximate surface area is 109 Å². The molecule has 0 radical (unpaired) electrons. The molecular weight excluding hydrogens is 254 g/mol. The van der Waals surface area contributed by atoms with E-state index in [0.717, 1.165) is 11.4 Å². The monoisotopic (exact) mass is 265 g/mol. The average molecular weight is 266 g/mol. The summed E-state index contributed by atoms with van der Waals surface area (Å²) in [4.78, 5) is 15.0. The van der Waals surface area contributed by atoms with Gasteiger partial charge in [0.2, 0.25) is 0 Å². The Kier molecular flexibility index (Phi) is 3.34. The molecule has 2 aromatic rings. The Morgan fingerprint density at radius 2 is 2.17 bits per heavy atom.